The Labute approximate surface area is 171 Å². The van der Waals surface area contributed by atoms with E-state index in [4.69, 9.17) is 4.74 Å². The van der Waals surface area contributed by atoms with Crippen LogP contribution in [0, 0.1) is 0 Å². The van der Waals surface area contributed by atoms with E-state index in [-0.39, 0.29) is 16.4 Å². The van der Waals surface area contributed by atoms with Crippen LogP contribution in [0.15, 0.2) is 29.4 Å². The Morgan fingerprint density at radius 2 is 1.82 bits per heavy atom. The van der Waals surface area contributed by atoms with Crippen LogP contribution in [-0.4, -0.2) is 52.1 Å². The zero-order chi connectivity index (χ0) is 20.3. The Balaban J connectivity index is 1.72. The summed E-state index contributed by atoms with van der Waals surface area (Å²) < 4.78 is 7.51. The van der Waals surface area contributed by atoms with Crippen molar-refractivity contribution in [1.82, 2.24) is 14.8 Å². The minimum absolute atomic E-state index is 0.0788. The number of nitrogens with zero attached hydrogens (tertiary/aromatic N) is 4. The average Bonchev–Trinajstić information content (AvgIpc) is 3.10. The largest absolute Gasteiger partial charge is 0.378 e. The lowest BCUT2D eigenvalue weighted by Crippen LogP contribution is -2.38. The summed E-state index contributed by atoms with van der Waals surface area (Å²) in [6, 6.07) is 7.97. The fraction of sp³-hybridized carbons (Fsp3) is 0.571. The van der Waals surface area contributed by atoms with Gasteiger partial charge in [-0.05, 0) is 24.8 Å². The molecule has 7 heteroatoms. The number of hydrogen-bond acceptors (Lipinski definition) is 6. The molecule has 2 aromatic rings. The first-order valence-electron chi connectivity index (χ1n) is 9.88. The molecule has 1 fully saturated rings. The van der Waals surface area contributed by atoms with Crippen LogP contribution in [0.3, 0.4) is 0 Å². The molecule has 28 heavy (non-hydrogen) atoms. The van der Waals surface area contributed by atoms with Crippen molar-refractivity contribution < 1.29 is 9.53 Å². The van der Waals surface area contributed by atoms with Crippen molar-refractivity contribution in [1.29, 1.82) is 0 Å². The van der Waals surface area contributed by atoms with Crippen LogP contribution in [0.25, 0.3) is 0 Å². The Morgan fingerprint density at radius 1 is 1.18 bits per heavy atom. The number of ketones is 1. The molecule has 1 aromatic heterocycles. The van der Waals surface area contributed by atoms with Gasteiger partial charge in [-0.2, -0.15) is 0 Å². The molecule has 0 amide bonds. The topological polar surface area (TPSA) is 60.2 Å². The van der Waals surface area contributed by atoms with E-state index in [1.54, 1.807) is 0 Å². The van der Waals surface area contributed by atoms with Crippen LogP contribution in [0.2, 0.25) is 0 Å². The lowest BCUT2D eigenvalue weighted by atomic mass is 9.86. The number of aromatic nitrogens is 3. The van der Waals surface area contributed by atoms with E-state index in [2.05, 4.69) is 59.5 Å². The third kappa shape index (κ3) is 4.58. The van der Waals surface area contributed by atoms with Gasteiger partial charge >= 0.3 is 0 Å². The lowest BCUT2D eigenvalue weighted by Gasteiger charge is -2.27. The molecule has 0 saturated carbocycles. The molecule has 1 aromatic carbocycles. The molecule has 0 N–H and O–H groups in total. The number of carbonyl (C=O) groups is 1. The quantitative estimate of drug-likeness (QED) is 0.541. The molecule has 1 aliphatic rings. The summed E-state index contributed by atoms with van der Waals surface area (Å²) in [5.74, 6) is 0.978. The van der Waals surface area contributed by atoms with E-state index in [1.165, 1.54) is 17.3 Å². The average molecular weight is 403 g/mol. The first-order chi connectivity index (χ1) is 13.3. The lowest BCUT2D eigenvalue weighted by molar-refractivity contribution is 0.0993. The summed E-state index contributed by atoms with van der Waals surface area (Å²) in [6.45, 7) is 14.3. The summed E-state index contributed by atoms with van der Waals surface area (Å²) in [5.41, 5.74) is 2.05. The zero-order valence-electron chi connectivity index (χ0n) is 17.4. The SMILES string of the molecule is CCn1c(S[C@@H](C)C(=O)c2ccc(C(C)(C)C)cc2)nnc1N1CCOCC1. The standard InChI is InChI=1S/C21H30N4O2S/c1-6-25-19(24-11-13-27-14-12-24)22-23-20(25)28-15(2)18(26)16-7-9-17(10-8-16)21(3,4)5/h7-10,15H,6,11-14H2,1-5H3/t15-/m0/s1. The van der Waals surface area contributed by atoms with Gasteiger partial charge in [0, 0.05) is 25.2 Å². The van der Waals surface area contributed by atoms with Gasteiger partial charge in [0.25, 0.3) is 0 Å². The second-order valence-electron chi connectivity index (χ2n) is 8.08. The van der Waals surface area contributed by atoms with Gasteiger partial charge in [-0.3, -0.25) is 9.36 Å². The second kappa shape index (κ2) is 8.66. The number of rotatable bonds is 6. The van der Waals surface area contributed by atoms with Gasteiger partial charge in [-0.15, -0.1) is 10.2 Å². The van der Waals surface area contributed by atoms with Gasteiger partial charge in [0.1, 0.15) is 0 Å². The molecule has 1 aliphatic heterocycles. The molecule has 0 aliphatic carbocycles. The second-order valence-corrected chi connectivity index (χ2v) is 9.39. The minimum atomic E-state index is -0.229. The zero-order valence-corrected chi connectivity index (χ0v) is 18.3. The Bertz CT molecular complexity index is 805. The fourth-order valence-electron chi connectivity index (χ4n) is 3.22. The molecule has 0 radical (unpaired) electrons. The van der Waals surface area contributed by atoms with Crippen LogP contribution in [0.5, 0.6) is 0 Å². The Hall–Kier alpha value is -1.86. The van der Waals surface area contributed by atoms with Crippen molar-refractivity contribution in [3.05, 3.63) is 35.4 Å². The van der Waals surface area contributed by atoms with E-state index in [1.807, 2.05) is 19.1 Å². The summed E-state index contributed by atoms with van der Waals surface area (Å²) >= 11 is 1.47. The number of Topliss-reactive ketones (excluding diaryl/α,β-unsaturated/α-hetero) is 1. The minimum Gasteiger partial charge on any atom is -0.378 e. The third-order valence-corrected chi connectivity index (χ3v) is 6.07. The Morgan fingerprint density at radius 3 is 2.39 bits per heavy atom. The highest BCUT2D eigenvalue weighted by Gasteiger charge is 2.24. The normalized spacial score (nSPS) is 16.2. The molecule has 0 spiro atoms. The number of benzene rings is 1. The number of thioether (sulfide) groups is 1. The van der Waals surface area contributed by atoms with E-state index in [0.29, 0.717) is 13.2 Å². The van der Waals surface area contributed by atoms with Gasteiger partial charge in [0.15, 0.2) is 10.9 Å². The van der Waals surface area contributed by atoms with Gasteiger partial charge in [-0.1, -0.05) is 56.8 Å². The van der Waals surface area contributed by atoms with Crippen LogP contribution in [-0.2, 0) is 16.7 Å². The number of anilines is 1. The van der Waals surface area contributed by atoms with Gasteiger partial charge in [0.05, 0.1) is 18.5 Å². The van der Waals surface area contributed by atoms with Crippen molar-refractivity contribution in [2.45, 2.75) is 57.0 Å². The number of carbonyl (C=O) groups excluding carboxylic acids is 1. The maximum Gasteiger partial charge on any atom is 0.228 e. The fourth-order valence-corrected chi connectivity index (χ4v) is 4.21. The monoisotopic (exact) mass is 402 g/mol. The van der Waals surface area contributed by atoms with Crippen LogP contribution >= 0.6 is 11.8 Å². The Kier molecular flexibility index (Phi) is 6.45. The molecule has 152 valence electrons. The molecule has 6 nitrogen and oxygen atoms in total. The molecule has 2 heterocycles. The van der Waals surface area contributed by atoms with Crippen molar-refractivity contribution >= 4 is 23.5 Å². The van der Waals surface area contributed by atoms with E-state index in [9.17, 15) is 4.79 Å². The summed E-state index contributed by atoms with van der Waals surface area (Å²) in [6.07, 6.45) is 0. The summed E-state index contributed by atoms with van der Waals surface area (Å²) in [7, 11) is 0. The van der Waals surface area contributed by atoms with Gasteiger partial charge in [-0.25, -0.2) is 0 Å². The van der Waals surface area contributed by atoms with Crippen molar-refractivity contribution in [2.24, 2.45) is 0 Å². The molecule has 0 unspecified atom stereocenters. The first-order valence-corrected chi connectivity index (χ1v) is 10.8. The molecule has 1 atom stereocenters. The smallest absolute Gasteiger partial charge is 0.228 e. The van der Waals surface area contributed by atoms with Gasteiger partial charge < -0.3 is 9.64 Å². The molecule has 1 saturated heterocycles. The van der Waals surface area contributed by atoms with E-state index < -0.39 is 0 Å². The number of morpholine rings is 1. The van der Waals surface area contributed by atoms with E-state index >= 15 is 0 Å². The summed E-state index contributed by atoms with van der Waals surface area (Å²) in [4.78, 5) is 15.1. The summed E-state index contributed by atoms with van der Waals surface area (Å²) in [5, 5.41) is 9.31. The maximum atomic E-state index is 12.9. The van der Waals surface area contributed by atoms with E-state index in [0.717, 1.165) is 36.3 Å². The van der Waals surface area contributed by atoms with Crippen molar-refractivity contribution in [3.63, 3.8) is 0 Å². The van der Waals surface area contributed by atoms with Crippen LogP contribution in [0.4, 0.5) is 5.95 Å². The highest BCUT2D eigenvalue weighted by Crippen LogP contribution is 2.28. The molecule has 3 rings (SSSR count). The van der Waals surface area contributed by atoms with Crippen LogP contribution < -0.4 is 4.90 Å². The predicted octanol–water partition coefficient (Wildman–Crippen LogP) is 3.80. The first kappa shape index (κ1) is 20.9. The number of ether oxygens (including phenoxy) is 1. The molecular formula is C21H30N4O2S. The third-order valence-electron chi connectivity index (χ3n) is 4.99. The predicted molar refractivity (Wildman–Crippen MR) is 114 cm³/mol. The highest BCUT2D eigenvalue weighted by atomic mass is 32.2. The van der Waals surface area contributed by atoms with Crippen molar-refractivity contribution in [3.8, 4) is 0 Å². The molecular weight excluding hydrogens is 372 g/mol. The van der Waals surface area contributed by atoms with Crippen LogP contribution in [0.1, 0.15) is 50.5 Å². The molecule has 0 bridgehead atoms. The maximum absolute atomic E-state index is 12.9. The van der Waals surface area contributed by atoms with Crippen molar-refractivity contribution in [2.75, 3.05) is 31.2 Å². The number of hydrogen-bond donors (Lipinski definition) is 0. The highest BCUT2D eigenvalue weighted by molar-refractivity contribution is 8.00. The van der Waals surface area contributed by atoms with Gasteiger partial charge in [0.2, 0.25) is 5.95 Å².